The van der Waals surface area contributed by atoms with E-state index in [2.05, 4.69) is 15.3 Å². The van der Waals surface area contributed by atoms with Crippen molar-refractivity contribution in [1.29, 1.82) is 0 Å². The maximum atomic E-state index is 12.1. The number of nitrogens with zero attached hydrogens (tertiary/aromatic N) is 3. The van der Waals surface area contributed by atoms with Gasteiger partial charge in [0.1, 0.15) is 0 Å². The smallest absolute Gasteiger partial charge is 0.238 e. The van der Waals surface area contributed by atoms with Crippen LogP contribution < -0.4 is 11.1 Å². The van der Waals surface area contributed by atoms with Gasteiger partial charge in [0, 0.05) is 13.6 Å². The Kier molecular flexibility index (Phi) is 4.21. The van der Waals surface area contributed by atoms with Crippen molar-refractivity contribution < 1.29 is 4.79 Å². The van der Waals surface area contributed by atoms with Crippen LogP contribution in [0.3, 0.4) is 0 Å². The predicted octanol–water partition coefficient (Wildman–Crippen LogP) is 0.256. The second kappa shape index (κ2) is 5.71. The van der Waals surface area contributed by atoms with Crippen molar-refractivity contribution in [3.8, 4) is 0 Å². The van der Waals surface area contributed by atoms with Gasteiger partial charge in [0.2, 0.25) is 5.91 Å². The summed E-state index contributed by atoms with van der Waals surface area (Å²) in [6.45, 7) is 6.89. The Morgan fingerprint density at radius 1 is 1.53 bits per heavy atom. The van der Waals surface area contributed by atoms with E-state index in [0.717, 1.165) is 36.6 Å². The van der Waals surface area contributed by atoms with E-state index in [-0.39, 0.29) is 5.91 Å². The summed E-state index contributed by atoms with van der Waals surface area (Å²) in [6, 6.07) is 0. The SMILES string of the molecule is Cc1nn(C)c(C)c1NC(=O)CN1CCC(CN)C1. The maximum absolute atomic E-state index is 12.1. The fourth-order valence-electron chi connectivity index (χ4n) is 2.59. The molecule has 0 saturated carbocycles. The molecule has 0 radical (unpaired) electrons. The van der Waals surface area contributed by atoms with Gasteiger partial charge in [0.05, 0.1) is 23.6 Å². The third-order valence-electron chi connectivity index (χ3n) is 3.84. The summed E-state index contributed by atoms with van der Waals surface area (Å²) in [4.78, 5) is 14.2. The highest BCUT2D eigenvalue weighted by Crippen LogP contribution is 2.19. The number of hydrogen-bond donors (Lipinski definition) is 2. The van der Waals surface area contributed by atoms with Crippen molar-refractivity contribution in [3.63, 3.8) is 0 Å². The first-order valence-electron chi connectivity index (χ1n) is 6.73. The normalized spacial score (nSPS) is 19.9. The summed E-state index contributed by atoms with van der Waals surface area (Å²) in [5.74, 6) is 0.562. The summed E-state index contributed by atoms with van der Waals surface area (Å²) in [5, 5.41) is 7.26. The number of carbonyl (C=O) groups excluding carboxylic acids is 1. The first kappa shape index (κ1) is 14.0. The maximum Gasteiger partial charge on any atom is 0.238 e. The molecule has 106 valence electrons. The molecule has 1 aromatic heterocycles. The summed E-state index contributed by atoms with van der Waals surface area (Å²) in [6.07, 6.45) is 1.09. The highest BCUT2D eigenvalue weighted by atomic mass is 16.2. The number of nitrogens with one attached hydrogen (secondary N) is 1. The lowest BCUT2D eigenvalue weighted by atomic mass is 10.1. The quantitative estimate of drug-likeness (QED) is 0.818. The molecule has 6 heteroatoms. The lowest BCUT2D eigenvalue weighted by Gasteiger charge is -2.15. The van der Waals surface area contributed by atoms with E-state index in [1.807, 2.05) is 20.9 Å². The predicted molar refractivity (Wildman–Crippen MR) is 74.9 cm³/mol. The second-order valence-corrected chi connectivity index (χ2v) is 5.34. The zero-order chi connectivity index (χ0) is 14.0. The van der Waals surface area contributed by atoms with E-state index in [0.29, 0.717) is 19.0 Å². The zero-order valence-electron chi connectivity index (χ0n) is 11.9. The minimum Gasteiger partial charge on any atom is -0.330 e. The fraction of sp³-hybridized carbons (Fsp3) is 0.692. The van der Waals surface area contributed by atoms with Gasteiger partial charge in [-0.25, -0.2) is 0 Å². The molecule has 1 atom stereocenters. The Labute approximate surface area is 113 Å². The lowest BCUT2D eigenvalue weighted by molar-refractivity contribution is -0.117. The van der Waals surface area contributed by atoms with Crippen molar-refractivity contribution in [2.75, 3.05) is 31.5 Å². The van der Waals surface area contributed by atoms with E-state index in [1.54, 1.807) is 4.68 Å². The average Bonchev–Trinajstić information content (AvgIpc) is 2.90. The van der Waals surface area contributed by atoms with Gasteiger partial charge in [-0.2, -0.15) is 5.10 Å². The Morgan fingerprint density at radius 2 is 2.26 bits per heavy atom. The largest absolute Gasteiger partial charge is 0.330 e. The molecule has 1 aliphatic rings. The molecule has 2 heterocycles. The van der Waals surface area contributed by atoms with Crippen LogP contribution in [0.15, 0.2) is 0 Å². The van der Waals surface area contributed by atoms with Gasteiger partial charge in [0.25, 0.3) is 0 Å². The molecular formula is C13H23N5O. The van der Waals surface area contributed by atoms with Crippen molar-refractivity contribution in [3.05, 3.63) is 11.4 Å². The van der Waals surface area contributed by atoms with E-state index < -0.39 is 0 Å². The molecule has 1 unspecified atom stereocenters. The molecule has 6 nitrogen and oxygen atoms in total. The Balaban J connectivity index is 1.91. The standard InChI is InChI=1S/C13H23N5O/c1-9-13(10(2)17(3)16-9)15-12(19)8-18-5-4-11(6-14)7-18/h11H,4-8,14H2,1-3H3,(H,15,19). The number of carbonyl (C=O) groups is 1. The van der Waals surface area contributed by atoms with E-state index in [4.69, 9.17) is 5.73 Å². The van der Waals surface area contributed by atoms with Gasteiger partial charge in [-0.3, -0.25) is 14.4 Å². The van der Waals surface area contributed by atoms with E-state index in [1.165, 1.54) is 0 Å². The van der Waals surface area contributed by atoms with Crippen LogP contribution in [0.2, 0.25) is 0 Å². The Morgan fingerprint density at radius 3 is 2.79 bits per heavy atom. The number of likely N-dealkylation sites (tertiary alicyclic amines) is 1. The molecule has 0 aliphatic carbocycles. The number of aryl methyl sites for hydroxylation is 2. The minimum absolute atomic E-state index is 0.0249. The molecule has 1 saturated heterocycles. The van der Waals surface area contributed by atoms with Crippen LogP contribution in [0, 0.1) is 19.8 Å². The highest BCUT2D eigenvalue weighted by molar-refractivity contribution is 5.93. The van der Waals surface area contributed by atoms with E-state index >= 15 is 0 Å². The number of amides is 1. The van der Waals surface area contributed by atoms with Crippen LogP contribution in [0.4, 0.5) is 5.69 Å². The lowest BCUT2D eigenvalue weighted by Crippen LogP contribution is -2.32. The monoisotopic (exact) mass is 265 g/mol. The van der Waals surface area contributed by atoms with Crippen LogP contribution in [0.1, 0.15) is 17.8 Å². The molecule has 1 aliphatic heterocycles. The number of aromatic nitrogens is 2. The third-order valence-corrected chi connectivity index (χ3v) is 3.84. The van der Waals surface area contributed by atoms with Gasteiger partial charge in [0.15, 0.2) is 0 Å². The van der Waals surface area contributed by atoms with Gasteiger partial charge in [-0.05, 0) is 39.3 Å². The summed E-state index contributed by atoms with van der Waals surface area (Å²) < 4.78 is 1.78. The first-order valence-corrected chi connectivity index (χ1v) is 6.73. The van der Waals surface area contributed by atoms with Crippen molar-refractivity contribution in [2.24, 2.45) is 18.7 Å². The summed E-state index contributed by atoms with van der Waals surface area (Å²) in [5.41, 5.74) is 8.32. The van der Waals surface area contributed by atoms with Crippen LogP contribution in [-0.4, -0.2) is 46.8 Å². The van der Waals surface area contributed by atoms with Crippen LogP contribution in [-0.2, 0) is 11.8 Å². The molecule has 1 amide bonds. The Hall–Kier alpha value is -1.40. The average molecular weight is 265 g/mol. The molecule has 1 fully saturated rings. The molecular weight excluding hydrogens is 242 g/mol. The second-order valence-electron chi connectivity index (χ2n) is 5.34. The van der Waals surface area contributed by atoms with Crippen LogP contribution in [0.25, 0.3) is 0 Å². The summed E-state index contributed by atoms with van der Waals surface area (Å²) in [7, 11) is 1.88. The molecule has 0 aromatic carbocycles. The molecule has 19 heavy (non-hydrogen) atoms. The number of nitrogens with two attached hydrogens (primary N) is 1. The van der Waals surface area contributed by atoms with Gasteiger partial charge < -0.3 is 11.1 Å². The fourth-order valence-corrected chi connectivity index (χ4v) is 2.59. The Bertz CT molecular complexity index is 468. The first-order chi connectivity index (χ1) is 9.01. The van der Waals surface area contributed by atoms with Gasteiger partial charge in [-0.15, -0.1) is 0 Å². The molecule has 0 spiro atoms. The third kappa shape index (κ3) is 3.13. The highest BCUT2D eigenvalue weighted by Gasteiger charge is 2.23. The number of rotatable bonds is 4. The molecule has 3 N–H and O–H groups in total. The molecule has 1 aromatic rings. The van der Waals surface area contributed by atoms with Crippen LogP contribution in [0.5, 0.6) is 0 Å². The van der Waals surface area contributed by atoms with E-state index in [9.17, 15) is 4.79 Å². The molecule has 0 bridgehead atoms. The zero-order valence-corrected chi connectivity index (χ0v) is 11.9. The van der Waals surface area contributed by atoms with Gasteiger partial charge >= 0.3 is 0 Å². The van der Waals surface area contributed by atoms with Crippen molar-refractivity contribution in [1.82, 2.24) is 14.7 Å². The topological polar surface area (TPSA) is 76.2 Å². The minimum atomic E-state index is 0.0249. The van der Waals surface area contributed by atoms with Crippen LogP contribution >= 0.6 is 0 Å². The van der Waals surface area contributed by atoms with Crippen molar-refractivity contribution >= 4 is 11.6 Å². The molecule has 2 rings (SSSR count). The summed E-state index contributed by atoms with van der Waals surface area (Å²) >= 11 is 0. The number of hydrogen-bond acceptors (Lipinski definition) is 4. The van der Waals surface area contributed by atoms with Gasteiger partial charge in [-0.1, -0.05) is 0 Å². The number of anilines is 1. The van der Waals surface area contributed by atoms with Crippen molar-refractivity contribution in [2.45, 2.75) is 20.3 Å².